The normalized spacial score (nSPS) is 10.0. The Labute approximate surface area is 119 Å². The largest absolute Gasteiger partial charge is 0.321 e. The van der Waals surface area contributed by atoms with Crippen LogP contribution in [0.15, 0.2) is 30.6 Å². The summed E-state index contributed by atoms with van der Waals surface area (Å²) in [5.74, 6) is 5.01. The van der Waals surface area contributed by atoms with E-state index in [1.54, 1.807) is 6.92 Å². The Bertz CT molecular complexity index is 686. The van der Waals surface area contributed by atoms with Crippen LogP contribution in [0.25, 0.3) is 0 Å². The van der Waals surface area contributed by atoms with E-state index in [0.29, 0.717) is 17.1 Å². The highest BCUT2D eigenvalue weighted by atomic mass is 16.6. The van der Waals surface area contributed by atoms with Gasteiger partial charge in [-0.25, -0.2) is 15.8 Å². The van der Waals surface area contributed by atoms with Crippen molar-refractivity contribution in [2.24, 2.45) is 5.84 Å². The van der Waals surface area contributed by atoms with Crippen molar-refractivity contribution in [2.75, 3.05) is 10.7 Å². The highest BCUT2D eigenvalue weighted by Crippen LogP contribution is 2.21. The molecule has 0 bridgehead atoms. The number of nitro benzene ring substituents is 1. The Morgan fingerprint density at radius 2 is 2.10 bits per heavy atom. The van der Waals surface area contributed by atoms with Crippen molar-refractivity contribution < 1.29 is 9.72 Å². The van der Waals surface area contributed by atoms with Gasteiger partial charge in [-0.15, -0.1) is 0 Å². The number of nitrogens with two attached hydrogens (primary N) is 1. The zero-order valence-electron chi connectivity index (χ0n) is 11.0. The van der Waals surface area contributed by atoms with E-state index >= 15 is 0 Å². The lowest BCUT2D eigenvalue weighted by Crippen LogP contribution is -2.15. The predicted octanol–water partition coefficient (Wildman–Crippen LogP) is 1.23. The zero-order valence-corrected chi connectivity index (χ0v) is 11.0. The number of carbonyl (C=O) groups excluding carboxylic acids is 1. The zero-order chi connectivity index (χ0) is 15.4. The first-order valence-corrected chi connectivity index (χ1v) is 5.86. The lowest BCUT2D eigenvalue weighted by Gasteiger charge is -2.06. The number of amides is 1. The van der Waals surface area contributed by atoms with Crippen molar-refractivity contribution in [2.45, 2.75) is 6.92 Å². The third-order valence-corrected chi connectivity index (χ3v) is 2.68. The number of nitrogens with one attached hydrogen (secondary N) is 2. The average molecular weight is 288 g/mol. The monoisotopic (exact) mass is 288 g/mol. The molecule has 0 fully saturated rings. The van der Waals surface area contributed by atoms with Crippen LogP contribution in [0.4, 0.5) is 17.2 Å². The summed E-state index contributed by atoms with van der Waals surface area (Å²) in [6, 6.07) is 4.30. The average Bonchev–Trinajstić information content (AvgIpc) is 2.47. The Kier molecular flexibility index (Phi) is 4.05. The molecule has 2 aromatic rings. The fourth-order valence-corrected chi connectivity index (χ4v) is 1.65. The van der Waals surface area contributed by atoms with Crippen LogP contribution in [0.5, 0.6) is 0 Å². The molecule has 1 amide bonds. The van der Waals surface area contributed by atoms with Gasteiger partial charge in [-0.05, 0) is 19.1 Å². The van der Waals surface area contributed by atoms with Gasteiger partial charge >= 0.3 is 0 Å². The van der Waals surface area contributed by atoms with E-state index in [1.807, 2.05) is 0 Å². The Morgan fingerprint density at radius 3 is 2.62 bits per heavy atom. The number of carbonyl (C=O) groups is 1. The number of benzene rings is 1. The van der Waals surface area contributed by atoms with E-state index in [4.69, 9.17) is 5.84 Å². The van der Waals surface area contributed by atoms with Gasteiger partial charge in [0, 0.05) is 17.3 Å². The fraction of sp³-hybridized carbons (Fsp3) is 0.0833. The molecule has 0 aliphatic carbocycles. The van der Waals surface area contributed by atoms with E-state index in [9.17, 15) is 14.9 Å². The highest BCUT2D eigenvalue weighted by molar-refractivity contribution is 6.02. The summed E-state index contributed by atoms with van der Waals surface area (Å²) in [5.41, 5.74) is 3.28. The molecule has 9 heteroatoms. The molecule has 108 valence electrons. The number of nitro groups is 1. The van der Waals surface area contributed by atoms with Crippen LogP contribution < -0.4 is 16.6 Å². The van der Waals surface area contributed by atoms with Gasteiger partial charge in [-0.2, -0.15) is 0 Å². The summed E-state index contributed by atoms with van der Waals surface area (Å²) in [4.78, 5) is 29.9. The minimum Gasteiger partial charge on any atom is -0.321 e. The SMILES string of the molecule is Cc1cc(NC(=O)c2cnc(NN)cn2)ccc1[N+](=O)[O-]. The van der Waals surface area contributed by atoms with E-state index in [2.05, 4.69) is 20.7 Å². The maximum absolute atomic E-state index is 11.9. The number of aryl methyl sites for hydroxylation is 1. The van der Waals surface area contributed by atoms with Gasteiger partial charge < -0.3 is 10.7 Å². The minimum atomic E-state index is -0.481. The third-order valence-electron chi connectivity index (χ3n) is 2.68. The van der Waals surface area contributed by atoms with Crippen LogP contribution >= 0.6 is 0 Å². The Hall–Kier alpha value is -3.07. The molecule has 0 spiro atoms. The number of anilines is 2. The number of aromatic nitrogens is 2. The highest BCUT2D eigenvalue weighted by Gasteiger charge is 2.13. The van der Waals surface area contributed by atoms with Gasteiger partial charge in [0.2, 0.25) is 0 Å². The van der Waals surface area contributed by atoms with Crippen molar-refractivity contribution >= 4 is 23.1 Å². The van der Waals surface area contributed by atoms with E-state index in [-0.39, 0.29) is 11.4 Å². The number of nitrogens with zero attached hydrogens (tertiary/aromatic N) is 3. The summed E-state index contributed by atoms with van der Waals surface area (Å²) < 4.78 is 0. The first kappa shape index (κ1) is 14.3. The van der Waals surface area contributed by atoms with Crippen LogP contribution in [-0.4, -0.2) is 20.8 Å². The number of nitrogen functional groups attached to an aromatic ring is 1. The maximum atomic E-state index is 11.9. The smallest absolute Gasteiger partial charge is 0.275 e. The molecule has 2 rings (SSSR count). The fourth-order valence-electron chi connectivity index (χ4n) is 1.65. The van der Waals surface area contributed by atoms with Crippen LogP contribution in [0.2, 0.25) is 0 Å². The van der Waals surface area contributed by atoms with Crippen LogP contribution in [0.1, 0.15) is 16.1 Å². The Morgan fingerprint density at radius 1 is 1.33 bits per heavy atom. The second-order valence-electron chi connectivity index (χ2n) is 4.14. The van der Waals surface area contributed by atoms with E-state index in [1.165, 1.54) is 30.6 Å². The third kappa shape index (κ3) is 3.28. The second kappa shape index (κ2) is 5.92. The molecule has 0 unspecified atom stereocenters. The molecule has 0 aliphatic rings. The number of hydrogen-bond donors (Lipinski definition) is 3. The minimum absolute atomic E-state index is 0.00818. The van der Waals surface area contributed by atoms with Crippen molar-refractivity contribution in [1.29, 1.82) is 0 Å². The van der Waals surface area contributed by atoms with Crippen molar-refractivity contribution in [3.8, 4) is 0 Å². The van der Waals surface area contributed by atoms with E-state index < -0.39 is 10.8 Å². The maximum Gasteiger partial charge on any atom is 0.275 e. The molecule has 0 saturated heterocycles. The molecule has 0 aliphatic heterocycles. The summed E-state index contributed by atoms with van der Waals surface area (Å²) in [5, 5.41) is 13.3. The molecule has 1 heterocycles. The van der Waals surface area contributed by atoms with Gasteiger partial charge in [0.1, 0.15) is 5.69 Å². The summed E-state index contributed by atoms with van der Waals surface area (Å²) in [7, 11) is 0. The lowest BCUT2D eigenvalue weighted by atomic mass is 10.2. The van der Waals surface area contributed by atoms with Crippen molar-refractivity contribution in [3.63, 3.8) is 0 Å². The van der Waals surface area contributed by atoms with Gasteiger partial charge in [-0.1, -0.05) is 0 Å². The molecule has 0 radical (unpaired) electrons. The van der Waals surface area contributed by atoms with E-state index in [0.717, 1.165) is 0 Å². The predicted molar refractivity (Wildman–Crippen MR) is 75.6 cm³/mol. The van der Waals surface area contributed by atoms with Gasteiger partial charge in [0.25, 0.3) is 11.6 Å². The molecule has 21 heavy (non-hydrogen) atoms. The summed E-state index contributed by atoms with van der Waals surface area (Å²) >= 11 is 0. The van der Waals surface area contributed by atoms with Crippen molar-refractivity contribution in [3.05, 3.63) is 52.0 Å². The van der Waals surface area contributed by atoms with Gasteiger partial charge in [0.05, 0.1) is 17.3 Å². The number of hydrogen-bond acceptors (Lipinski definition) is 7. The molecular formula is C12H12N6O3. The second-order valence-corrected chi connectivity index (χ2v) is 4.14. The molecule has 0 atom stereocenters. The molecule has 4 N–H and O–H groups in total. The van der Waals surface area contributed by atoms with Crippen LogP contribution in [0.3, 0.4) is 0 Å². The molecule has 0 saturated carbocycles. The quantitative estimate of drug-likeness (QED) is 0.437. The molecule has 9 nitrogen and oxygen atoms in total. The first-order chi connectivity index (χ1) is 10.0. The van der Waals surface area contributed by atoms with Gasteiger partial charge in [-0.3, -0.25) is 14.9 Å². The van der Waals surface area contributed by atoms with Crippen LogP contribution in [0, 0.1) is 17.0 Å². The summed E-state index contributed by atoms with van der Waals surface area (Å²) in [6.45, 7) is 1.59. The number of rotatable bonds is 4. The molecular weight excluding hydrogens is 276 g/mol. The molecule has 1 aromatic carbocycles. The summed E-state index contributed by atoms with van der Waals surface area (Å²) in [6.07, 6.45) is 2.58. The lowest BCUT2D eigenvalue weighted by molar-refractivity contribution is -0.385. The van der Waals surface area contributed by atoms with Crippen LogP contribution in [-0.2, 0) is 0 Å². The standard InChI is InChI=1S/C12H12N6O3/c1-7-4-8(2-3-10(7)18(20)21)16-12(19)9-5-15-11(17-13)6-14-9/h2-6H,13H2,1H3,(H,15,17)(H,16,19). The van der Waals surface area contributed by atoms with Gasteiger partial charge in [0.15, 0.2) is 5.82 Å². The topological polar surface area (TPSA) is 136 Å². The Balaban J connectivity index is 2.15. The first-order valence-electron chi connectivity index (χ1n) is 5.86. The number of hydrazine groups is 1. The van der Waals surface area contributed by atoms with Crippen molar-refractivity contribution in [1.82, 2.24) is 9.97 Å². The molecule has 1 aromatic heterocycles.